The molecule has 0 heterocycles. The van der Waals surface area contributed by atoms with Crippen LogP contribution in [0.3, 0.4) is 0 Å². The smallest absolute Gasteiger partial charge is 0.0335 e. The average Bonchev–Trinajstić information content (AvgIpc) is 2.40. The van der Waals surface area contributed by atoms with E-state index in [1.165, 1.54) is 21.6 Å². The molecule has 0 aromatic heterocycles. The Balaban J connectivity index is 2.05. The first-order chi connectivity index (χ1) is 9.19. The topological polar surface area (TPSA) is 26.0 Å². The lowest BCUT2D eigenvalue weighted by Crippen LogP contribution is -2.13. The maximum absolute atomic E-state index is 6.29. The molecule has 100 valence electrons. The van der Waals surface area contributed by atoms with Crippen LogP contribution in [0.25, 0.3) is 0 Å². The van der Waals surface area contributed by atoms with Gasteiger partial charge in [0.2, 0.25) is 0 Å². The van der Waals surface area contributed by atoms with Gasteiger partial charge in [0.1, 0.15) is 0 Å². The van der Waals surface area contributed by atoms with E-state index < -0.39 is 0 Å². The van der Waals surface area contributed by atoms with Gasteiger partial charge in [0.25, 0.3) is 0 Å². The van der Waals surface area contributed by atoms with Gasteiger partial charge in [-0.2, -0.15) is 0 Å². The molecule has 0 aliphatic rings. The van der Waals surface area contributed by atoms with Gasteiger partial charge in [-0.1, -0.05) is 48.9 Å². The molecule has 0 radical (unpaired) electrons. The van der Waals surface area contributed by atoms with E-state index in [0.717, 1.165) is 12.2 Å². The molecule has 0 bridgehead atoms. The number of rotatable bonds is 5. The molecule has 0 aliphatic carbocycles. The number of benzene rings is 2. The van der Waals surface area contributed by atoms with Crippen molar-refractivity contribution in [3.05, 3.63) is 65.2 Å². The quantitative estimate of drug-likeness (QED) is 0.818. The Hall–Kier alpha value is -1.25. The van der Waals surface area contributed by atoms with Crippen LogP contribution in [0.15, 0.2) is 53.4 Å². The standard InChI is InChI=1S/C17H21NS/c1-3-19-16-9-7-15(8-10-16)17(18)12-14-6-4-5-13(2)11-14/h4-11,17H,3,12,18H2,1-2H3. The molecule has 2 heteroatoms. The highest BCUT2D eigenvalue weighted by Gasteiger charge is 2.07. The van der Waals surface area contributed by atoms with Crippen molar-refractivity contribution in [3.63, 3.8) is 0 Å². The number of aryl methyl sites for hydroxylation is 1. The van der Waals surface area contributed by atoms with Crippen molar-refractivity contribution in [1.29, 1.82) is 0 Å². The molecule has 19 heavy (non-hydrogen) atoms. The molecule has 0 aliphatic heterocycles. The van der Waals surface area contributed by atoms with Crippen LogP contribution in [0.2, 0.25) is 0 Å². The molecule has 0 saturated heterocycles. The van der Waals surface area contributed by atoms with Crippen molar-refractivity contribution < 1.29 is 0 Å². The van der Waals surface area contributed by atoms with Crippen LogP contribution in [0, 0.1) is 6.92 Å². The highest BCUT2D eigenvalue weighted by atomic mass is 32.2. The van der Waals surface area contributed by atoms with Gasteiger partial charge in [0, 0.05) is 10.9 Å². The Labute approximate surface area is 120 Å². The predicted molar refractivity (Wildman–Crippen MR) is 84.7 cm³/mol. The third kappa shape index (κ3) is 4.12. The lowest BCUT2D eigenvalue weighted by Gasteiger charge is -2.13. The largest absolute Gasteiger partial charge is 0.324 e. The second kappa shape index (κ2) is 6.78. The van der Waals surface area contributed by atoms with E-state index in [9.17, 15) is 0 Å². The lowest BCUT2D eigenvalue weighted by molar-refractivity contribution is 0.721. The number of thioether (sulfide) groups is 1. The predicted octanol–water partition coefficient (Wildman–Crippen LogP) is 4.35. The first-order valence-electron chi connectivity index (χ1n) is 6.73. The minimum absolute atomic E-state index is 0.0717. The van der Waals surface area contributed by atoms with E-state index in [1.807, 2.05) is 11.8 Å². The van der Waals surface area contributed by atoms with Crippen LogP contribution < -0.4 is 5.73 Å². The average molecular weight is 271 g/mol. The summed E-state index contributed by atoms with van der Waals surface area (Å²) in [5.41, 5.74) is 10.1. The van der Waals surface area contributed by atoms with Crippen molar-refractivity contribution in [1.82, 2.24) is 0 Å². The van der Waals surface area contributed by atoms with Gasteiger partial charge < -0.3 is 5.73 Å². The number of nitrogens with two attached hydrogens (primary N) is 1. The summed E-state index contributed by atoms with van der Waals surface area (Å²) in [5, 5.41) is 0. The highest BCUT2D eigenvalue weighted by Crippen LogP contribution is 2.22. The third-order valence-corrected chi connectivity index (χ3v) is 4.05. The summed E-state index contributed by atoms with van der Waals surface area (Å²) in [4.78, 5) is 1.31. The summed E-state index contributed by atoms with van der Waals surface area (Å²) in [7, 11) is 0. The molecule has 0 saturated carbocycles. The van der Waals surface area contributed by atoms with Crippen molar-refractivity contribution in [3.8, 4) is 0 Å². The zero-order valence-electron chi connectivity index (χ0n) is 11.6. The van der Waals surface area contributed by atoms with E-state index >= 15 is 0 Å². The molecule has 2 aromatic carbocycles. The monoisotopic (exact) mass is 271 g/mol. The van der Waals surface area contributed by atoms with Crippen LogP contribution in [0.1, 0.15) is 29.7 Å². The van der Waals surface area contributed by atoms with Gasteiger partial charge in [-0.05, 0) is 42.4 Å². The second-order valence-corrected chi connectivity index (χ2v) is 6.14. The van der Waals surface area contributed by atoms with Gasteiger partial charge in [-0.15, -0.1) is 11.8 Å². The fraction of sp³-hybridized carbons (Fsp3) is 0.294. The minimum Gasteiger partial charge on any atom is -0.324 e. The van der Waals surface area contributed by atoms with Crippen molar-refractivity contribution >= 4 is 11.8 Å². The summed E-state index contributed by atoms with van der Waals surface area (Å²) in [5.74, 6) is 1.11. The van der Waals surface area contributed by atoms with Crippen LogP contribution in [-0.2, 0) is 6.42 Å². The van der Waals surface area contributed by atoms with Crippen LogP contribution in [-0.4, -0.2) is 5.75 Å². The van der Waals surface area contributed by atoms with E-state index in [2.05, 4.69) is 62.4 Å². The van der Waals surface area contributed by atoms with Crippen LogP contribution in [0.5, 0.6) is 0 Å². The van der Waals surface area contributed by atoms with Crippen molar-refractivity contribution in [2.45, 2.75) is 31.2 Å². The number of hydrogen-bond donors (Lipinski definition) is 1. The fourth-order valence-corrected chi connectivity index (χ4v) is 2.85. The normalized spacial score (nSPS) is 12.4. The maximum atomic E-state index is 6.29. The van der Waals surface area contributed by atoms with E-state index in [4.69, 9.17) is 5.73 Å². The van der Waals surface area contributed by atoms with Gasteiger partial charge in [0.15, 0.2) is 0 Å². The molecule has 0 amide bonds. The summed E-state index contributed by atoms with van der Waals surface area (Å²) in [6.45, 7) is 4.29. The fourth-order valence-electron chi connectivity index (χ4n) is 2.19. The number of hydrogen-bond acceptors (Lipinski definition) is 2. The van der Waals surface area contributed by atoms with E-state index in [0.29, 0.717) is 0 Å². The third-order valence-electron chi connectivity index (χ3n) is 3.16. The van der Waals surface area contributed by atoms with Crippen molar-refractivity contribution in [2.75, 3.05) is 5.75 Å². The molecule has 0 spiro atoms. The molecule has 0 fully saturated rings. The zero-order valence-corrected chi connectivity index (χ0v) is 12.4. The molecule has 1 unspecified atom stereocenters. The van der Waals surface area contributed by atoms with Gasteiger partial charge >= 0.3 is 0 Å². The summed E-state index contributed by atoms with van der Waals surface area (Å²) >= 11 is 1.86. The molecular formula is C17H21NS. The van der Waals surface area contributed by atoms with Gasteiger partial charge in [0.05, 0.1) is 0 Å². The highest BCUT2D eigenvalue weighted by molar-refractivity contribution is 7.99. The van der Waals surface area contributed by atoms with E-state index in [-0.39, 0.29) is 6.04 Å². The Morgan fingerprint density at radius 3 is 2.47 bits per heavy atom. The summed E-state index contributed by atoms with van der Waals surface area (Å²) < 4.78 is 0. The Bertz CT molecular complexity index is 519. The minimum atomic E-state index is 0.0717. The van der Waals surface area contributed by atoms with Gasteiger partial charge in [-0.3, -0.25) is 0 Å². The SMILES string of the molecule is CCSc1ccc(C(N)Cc2cccc(C)c2)cc1. The van der Waals surface area contributed by atoms with Crippen LogP contribution in [0.4, 0.5) is 0 Å². The Kier molecular flexibility index (Phi) is 5.06. The van der Waals surface area contributed by atoms with E-state index in [1.54, 1.807) is 0 Å². The first-order valence-corrected chi connectivity index (χ1v) is 7.71. The Morgan fingerprint density at radius 2 is 1.84 bits per heavy atom. The molecular weight excluding hydrogens is 250 g/mol. The maximum Gasteiger partial charge on any atom is 0.0335 e. The summed E-state index contributed by atoms with van der Waals surface area (Å²) in [6, 6.07) is 17.3. The molecule has 2 rings (SSSR count). The first kappa shape index (κ1) is 14.2. The summed E-state index contributed by atoms with van der Waals surface area (Å²) in [6.07, 6.45) is 0.891. The second-order valence-electron chi connectivity index (χ2n) is 4.80. The lowest BCUT2D eigenvalue weighted by atomic mass is 9.99. The van der Waals surface area contributed by atoms with Crippen LogP contribution >= 0.6 is 11.8 Å². The molecule has 1 nitrogen and oxygen atoms in total. The Morgan fingerprint density at radius 1 is 1.11 bits per heavy atom. The van der Waals surface area contributed by atoms with Gasteiger partial charge in [-0.25, -0.2) is 0 Å². The molecule has 1 atom stereocenters. The zero-order chi connectivity index (χ0) is 13.7. The molecule has 2 N–H and O–H groups in total. The van der Waals surface area contributed by atoms with Crippen molar-refractivity contribution in [2.24, 2.45) is 5.73 Å². The molecule has 2 aromatic rings.